The number of anilines is 1. The van der Waals surface area contributed by atoms with E-state index in [9.17, 15) is 15.0 Å². The van der Waals surface area contributed by atoms with Crippen LogP contribution in [0.15, 0.2) is 6.33 Å². The first-order chi connectivity index (χ1) is 15.5. The molecule has 10 nitrogen and oxygen atoms in total. The van der Waals surface area contributed by atoms with Crippen LogP contribution in [0.1, 0.15) is 58.1 Å². The predicted octanol–water partition coefficient (Wildman–Crippen LogP) is 2.10. The molecule has 0 bridgehead atoms. The average molecular weight is 467 g/mol. The topological polar surface area (TPSA) is 126 Å². The largest absolute Gasteiger partial charge is 0.394 e. The van der Waals surface area contributed by atoms with Gasteiger partial charge in [0.25, 0.3) is 0 Å². The Morgan fingerprint density at radius 1 is 1.34 bits per heavy atom. The summed E-state index contributed by atoms with van der Waals surface area (Å²) in [6.07, 6.45) is 5.69. The SMILES string of the molecule is CCCCCCC(=O)N1CCC(Nc2nc(Cl)nc3c2ncn3C2OC(CO)CC2O)C1. The minimum Gasteiger partial charge on any atom is -0.394 e. The Hall–Kier alpha value is -2.01. The molecule has 4 unspecified atom stereocenters. The van der Waals surface area contributed by atoms with E-state index in [0.717, 1.165) is 32.1 Å². The van der Waals surface area contributed by atoms with Crippen molar-refractivity contribution in [3.05, 3.63) is 11.6 Å². The Bertz CT molecular complexity index is 940. The maximum atomic E-state index is 12.5. The highest BCUT2D eigenvalue weighted by Crippen LogP contribution is 2.32. The van der Waals surface area contributed by atoms with Gasteiger partial charge in [0.05, 0.1) is 19.0 Å². The van der Waals surface area contributed by atoms with Crippen LogP contribution in [0, 0.1) is 0 Å². The number of unbranched alkanes of at least 4 members (excludes halogenated alkanes) is 3. The number of hydrogen-bond acceptors (Lipinski definition) is 8. The van der Waals surface area contributed by atoms with Crippen LogP contribution >= 0.6 is 11.6 Å². The first kappa shape index (κ1) is 23.2. The average Bonchev–Trinajstić information content (AvgIpc) is 3.49. The maximum Gasteiger partial charge on any atom is 0.226 e. The van der Waals surface area contributed by atoms with E-state index in [1.807, 2.05) is 4.90 Å². The summed E-state index contributed by atoms with van der Waals surface area (Å²) >= 11 is 6.19. The third-order valence-electron chi connectivity index (χ3n) is 6.16. The van der Waals surface area contributed by atoms with Crippen molar-refractivity contribution in [2.75, 3.05) is 25.0 Å². The molecule has 2 aliphatic heterocycles. The number of nitrogens with one attached hydrogen (secondary N) is 1. The Balaban J connectivity index is 1.44. The standard InChI is InChI=1S/C21H31ClN6O4/c1-2-3-4-5-6-16(31)27-8-7-13(10-27)24-18-17-19(26-21(22)25-18)28(12-23-17)20-15(30)9-14(11-29)32-20/h12-15,20,29-30H,2-11H2,1H3,(H,24,25,26). The highest BCUT2D eigenvalue weighted by atomic mass is 35.5. The van der Waals surface area contributed by atoms with Crippen LogP contribution in [0.25, 0.3) is 11.2 Å². The van der Waals surface area contributed by atoms with Gasteiger partial charge in [-0.1, -0.05) is 26.2 Å². The summed E-state index contributed by atoms with van der Waals surface area (Å²) in [5.41, 5.74) is 0.957. The molecule has 2 aromatic rings. The highest BCUT2D eigenvalue weighted by Gasteiger charge is 2.36. The zero-order valence-electron chi connectivity index (χ0n) is 18.3. The molecule has 0 spiro atoms. The minimum atomic E-state index is -0.790. The summed E-state index contributed by atoms with van der Waals surface area (Å²) in [4.78, 5) is 27.4. The minimum absolute atomic E-state index is 0.0426. The molecule has 2 aromatic heterocycles. The van der Waals surface area contributed by atoms with Gasteiger partial charge in [0, 0.05) is 32.0 Å². The fourth-order valence-corrected chi connectivity index (χ4v) is 4.60. The summed E-state index contributed by atoms with van der Waals surface area (Å²) in [5, 5.41) is 23.1. The van der Waals surface area contributed by atoms with Gasteiger partial charge in [-0.3, -0.25) is 9.36 Å². The molecule has 2 fully saturated rings. The van der Waals surface area contributed by atoms with Crippen molar-refractivity contribution in [3.8, 4) is 0 Å². The molecule has 0 aromatic carbocycles. The molecule has 0 radical (unpaired) electrons. The fraction of sp³-hybridized carbons (Fsp3) is 0.714. The van der Waals surface area contributed by atoms with Crippen LogP contribution in [0.5, 0.6) is 0 Å². The number of rotatable bonds is 9. The number of ether oxygens (including phenoxy) is 1. The molecule has 0 aliphatic carbocycles. The fourth-order valence-electron chi connectivity index (χ4n) is 4.43. The molecular formula is C21H31ClN6O4. The zero-order valence-corrected chi connectivity index (χ0v) is 19.0. The summed E-state index contributed by atoms with van der Waals surface area (Å²) in [7, 11) is 0. The van der Waals surface area contributed by atoms with Crippen molar-refractivity contribution in [2.24, 2.45) is 0 Å². The molecule has 4 atom stereocenters. The van der Waals surface area contributed by atoms with E-state index in [-0.39, 0.29) is 23.8 Å². The molecule has 11 heteroatoms. The van der Waals surface area contributed by atoms with E-state index in [1.54, 1.807) is 4.57 Å². The molecule has 0 saturated carbocycles. The Morgan fingerprint density at radius 3 is 2.94 bits per heavy atom. The first-order valence-corrected chi connectivity index (χ1v) is 11.8. The number of aromatic nitrogens is 4. The van der Waals surface area contributed by atoms with Crippen molar-refractivity contribution >= 4 is 34.5 Å². The maximum absolute atomic E-state index is 12.5. The number of carbonyl (C=O) groups is 1. The van der Waals surface area contributed by atoms with E-state index in [0.29, 0.717) is 42.9 Å². The van der Waals surface area contributed by atoms with Gasteiger partial charge in [0.1, 0.15) is 6.10 Å². The Morgan fingerprint density at radius 2 is 2.19 bits per heavy atom. The van der Waals surface area contributed by atoms with Crippen LogP contribution in [0.3, 0.4) is 0 Å². The molecular weight excluding hydrogens is 436 g/mol. The second-order valence-corrected chi connectivity index (χ2v) is 8.92. The number of nitrogens with zero attached hydrogens (tertiary/aromatic N) is 5. The van der Waals surface area contributed by atoms with Gasteiger partial charge in [-0.15, -0.1) is 0 Å². The van der Waals surface area contributed by atoms with E-state index < -0.39 is 18.4 Å². The number of amides is 1. The number of hydrogen-bond donors (Lipinski definition) is 3. The van der Waals surface area contributed by atoms with E-state index in [4.69, 9.17) is 16.3 Å². The molecule has 3 N–H and O–H groups in total. The van der Waals surface area contributed by atoms with Crippen LogP contribution in [-0.4, -0.2) is 78.5 Å². The predicted molar refractivity (Wildman–Crippen MR) is 119 cm³/mol. The Labute approximate surface area is 191 Å². The number of likely N-dealkylation sites (tertiary alicyclic amines) is 1. The van der Waals surface area contributed by atoms with Gasteiger partial charge >= 0.3 is 0 Å². The lowest BCUT2D eigenvalue weighted by molar-refractivity contribution is -0.130. The number of aliphatic hydroxyl groups is 2. The molecule has 1 amide bonds. The number of aliphatic hydroxyl groups excluding tert-OH is 2. The highest BCUT2D eigenvalue weighted by molar-refractivity contribution is 6.28. The van der Waals surface area contributed by atoms with Crippen molar-refractivity contribution in [1.29, 1.82) is 0 Å². The zero-order chi connectivity index (χ0) is 22.7. The monoisotopic (exact) mass is 466 g/mol. The van der Waals surface area contributed by atoms with Gasteiger partial charge in [-0.05, 0) is 24.4 Å². The van der Waals surface area contributed by atoms with Crippen LogP contribution in [0.4, 0.5) is 5.82 Å². The van der Waals surface area contributed by atoms with Gasteiger partial charge in [0.15, 0.2) is 23.2 Å². The summed E-state index contributed by atoms with van der Waals surface area (Å²) in [5.74, 6) is 0.693. The molecule has 4 rings (SSSR count). The molecule has 4 heterocycles. The van der Waals surface area contributed by atoms with Crippen LogP contribution in [0.2, 0.25) is 5.28 Å². The molecule has 2 aliphatic rings. The smallest absolute Gasteiger partial charge is 0.226 e. The van der Waals surface area contributed by atoms with Crippen molar-refractivity contribution in [1.82, 2.24) is 24.4 Å². The first-order valence-electron chi connectivity index (χ1n) is 11.4. The van der Waals surface area contributed by atoms with Crippen LogP contribution < -0.4 is 5.32 Å². The summed E-state index contributed by atoms with van der Waals surface area (Å²) in [6.45, 7) is 3.31. The van der Waals surface area contributed by atoms with Crippen molar-refractivity contribution < 1.29 is 19.7 Å². The molecule has 176 valence electrons. The second-order valence-electron chi connectivity index (χ2n) is 8.58. The lowest BCUT2D eigenvalue weighted by Gasteiger charge is -2.18. The number of imidazole rings is 1. The quantitative estimate of drug-likeness (QED) is 0.379. The van der Waals surface area contributed by atoms with Gasteiger partial charge in [0.2, 0.25) is 11.2 Å². The van der Waals surface area contributed by atoms with Crippen molar-refractivity contribution in [2.45, 2.75) is 76.3 Å². The normalized spacial score (nSPS) is 25.7. The number of halogens is 1. The summed E-state index contributed by atoms with van der Waals surface area (Å²) in [6, 6.07) is 0.0426. The second kappa shape index (κ2) is 10.3. The summed E-state index contributed by atoms with van der Waals surface area (Å²) < 4.78 is 7.35. The van der Waals surface area contributed by atoms with Crippen LogP contribution in [-0.2, 0) is 9.53 Å². The van der Waals surface area contributed by atoms with Gasteiger partial charge in [-0.2, -0.15) is 9.97 Å². The van der Waals surface area contributed by atoms with E-state index in [1.165, 1.54) is 6.33 Å². The number of carbonyl (C=O) groups excluding carboxylic acids is 1. The molecule has 32 heavy (non-hydrogen) atoms. The third-order valence-corrected chi connectivity index (χ3v) is 6.33. The van der Waals surface area contributed by atoms with Gasteiger partial charge in [-0.25, -0.2) is 4.98 Å². The lowest BCUT2D eigenvalue weighted by atomic mass is 10.1. The Kier molecular flexibility index (Phi) is 7.44. The third kappa shape index (κ3) is 4.98. The lowest BCUT2D eigenvalue weighted by Crippen LogP contribution is -2.31. The number of fused-ring (bicyclic) bond motifs is 1. The van der Waals surface area contributed by atoms with Gasteiger partial charge < -0.3 is 25.2 Å². The van der Waals surface area contributed by atoms with E-state index in [2.05, 4.69) is 27.2 Å². The van der Waals surface area contributed by atoms with Crippen molar-refractivity contribution in [3.63, 3.8) is 0 Å². The van der Waals surface area contributed by atoms with E-state index >= 15 is 0 Å². The molecule has 2 saturated heterocycles.